The molecule has 2 atom stereocenters. The number of carbonyl (C=O) groups is 1. The van der Waals surface area contributed by atoms with E-state index in [2.05, 4.69) is 24.5 Å². The molecule has 0 bridgehead atoms. The van der Waals surface area contributed by atoms with Crippen LogP contribution in [0.2, 0.25) is 0 Å². The first-order chi connectivity index (χ1) is 7.97. The quantitative estimate of drug-likeness (QED) is 0.768. The molecule has 100 valence electrons. The molecule has 0 radical (unpaired) electrons. The Morgan fingerprint density at radius 1 is 1.18 bits per heavy atom. The molecule has 5 heteroatoms. The van der Waals surface area contributed by atoms with Crippen LogP contribution in [0.15, 0.2) is 0 Å². The summed E-state index contributed by atoms with van der Waals surface area (Å²) in [4.78, 5) is 16.4. The average Bonchev–Trinajstić information content (AvgIpc) is 2.29. The van der Waals surface area contributed by atoms with Gasteiger partial charge in [-0.1, -0.05) is 13.8 Å². The van der Waals surface area contributed by atoms with E-state index in [-0.39, 0.29) is 23.3 Å². The van der Waals surface area contributed by atoms with E-state index in [1.807, 2.05) is 18.7 Å². The number of hydrogen-bond acceptors (Lipinski definition) is 4. The molecule has 0 saturated carbocycles. The van der Waals surface area contributed by atoms with Crippen molar-refractivity contribution in [3.05, 3.63) is 0 Å². The molecule has 4 nitrogen and oxygen atoms in total. The third-order valence-corrected chi connectivity index (χ3v) is 3.58. The molecule has 0 aromatic carbocycles. The summed E-state index contributed by atoms with van der Waals surface area (Å²) in [6, 6.07) is 0. The summed E-state index contributed by atoms with van der Waals surface area (Å²) in [5.74, 6) is 0.336. The van der Waals surface area contributed by atoms with Crippen molar-refractivity contribution in [2.24, 2.45) is 5.92 Å². The first kappa shape index (κ1) is 14.8. The third kappa shape index (κ3) is 3.86. The number of nitrogens with zero attached hydrogens (tertiary/aromatic N) is 2. The highest BCUT2D eigenvalue weighted by molar-refractivity contribution is 7.80. The third-order valence-electron chi connectivity index (χ3n) is 3.26. The summed E-state index contributed by atoms with van der Waals surface area (Å²) in [6.07, 6.45) is -0.310. The van der Waals surface area contributed by atoms with Gasteiger partial charge in [0, 0.05) is 33.3 Å². The molecular weight excluding hydrogens is 236 g/mol. The Kier molecular flexibility index (Phi) is 5.76. The van der Waals surface area contributed by atoms with Gasteiger partial charge >= 0.3 is 0 Å². The van der Waals surface area contributed by atoms with Crippen molar-refractivity contribution < 1.29 is 9.53 Å². The van der Waals surface area contributed by atoms with E-state index in [0.717, 1.165) is 26.2 Å². The summed E-state index contributed by atoms with van der Waals surface area (Å²) >= 11 is 4.41. The van der Waals surface area contributed by atoms with Crippen LogP contribution in [0.4, 0.5) is 0 Å². The topological polar surface area (TPSA) is 32.8 Å². The zero-order chi connectivity index (χ0) is 13.0. The largest absolute Gasteiger partial charge is 0.371 e. The summed E-state index contributed by atoms with van der Waals surface area (Å²) in [5.41, 5.74) is 0. The number of rotatable bonds is 4. The lowest BCUT2D eigenvalue weighted by Gasteiger charge is -2.38. The second-order valence-electron chi connectivity index (χ2n) is 4.89. The van der Waals surface area contributed by atoms with Crippen molar-refractivity contribution in [2.75, 3.05) is 33.3 Å². The predicted molar refractivity (Wildman–Crippen MR) is 72.2 cm³/mol. The van der Waals surface area contributed by atoms with Crippen LogP contribution in [0.25, 0.3) is 0 Å². The van der Waals surface area contributed by atoms with E-state index in [1.54, 1.807) is 7.11 Å². The number of methoxy groups -OCH3 is 1. The van der Waals surface area contributed by atoms with Crippen molar-refractivity contribution in [1.29, 1.82) is 0 Å². The van der Waals surface area contributed by atoms with E-state index < -0.39 is 0 Å². The Labute approximate surface area is 110 Å². The lowest BCUT2D eigenvalue weighted by Crippen LogP contribution is -2.53. The Bertz CT molecular complexity index is 251. The number of ether oxygens (including phenoxy) is 1. The molecule has 1 aliphatic rings. The van der Waals surface area contributed by atoms with Gasteiger partial charge in [0.05, 0.1) is 5.37 Å². The lowest BCUT2D eigenvalue weighted by molar-refractivity contribution is -0.146. The minimum atomic E-state index is -0.310. The van der Waals surface area contributed by atoms with Gasteiger partial charge in [-0.2, -0.15) is 12.6 Å². The lowest BCUT2D eigenvalue weighted by atomic mass is 10.1. The standard InChI is InChI=1S/C12H24N2O2S/c1-9(2)11(16-4)12(15)14-7-5-13(6-8-14)10(3)17/h9-11,17H,5-8H2,1-4H3/t10-,11?/m0/s1. The fraction of sp³-hybridized carbons (Fsp3) is 0.917. The second-order valence-corrected chi connectivity index (χ2v) is 5.64. The number of hydrogen-bond donors (Lipinski definition) is 1. The van der Waals surface area contributed by atoms with Crippen LogP contribution in [-0.2, 0) is 9.53 Å². The fourth-order valence-corrected chi connectivity index (χ4v) is 2.38. The van der Waals surface area contributed by atoms with E-state index in [0.29, 0.717) is 0 Å². The molecule has 1 rings (SSSR count). The van der Waals surface area contributed by atoms with Crippen molar-refractivity contribution in [3.63, 3.8) is 0 Å². The molecule has 1 heterocycles. The van der Waals surface area contributed by atoms with Crippen LogP contribution in [-0.4, -0.2) is 60.5 Å². The van der Waals surface area contributed by atoms with Crippen LogP contribution < -0.4 is 0 Å². The second kappa shape index (κ2) is 6.61. The van der Waals surface area contributed by atoms with Crippen LogP contribution in [0.1, 0.15) is 20.8 Å². The Morgan fingerprint density at radius 3 is 2.06 bits per heavy atom. The summed E-state index contributed by atoms with van der Waals surface area (Å²) in [6.45, 7) is 9.42. The molecule has 0 spiro atoms. The maximum absolute atomic E-state index is 12.2. The molecule has 1 unspecified atom stereocenters. The van der Waals surface area contributed by atoms with Gasteiger partial charge in [-0.15, -0.1) is 0 Å². The van der Waals surface area contributed by atoms with Crippen molar-refractivity contribution in [2.45, 2.75) is 32.2 Å². The SMILES string of the molecule is COC(C(=O)N1CCN([C@H](C)S)CC1)C(C)C. The van der Waals surface area contributed by atoms with Gasteiger partial charge in [-0.25, -0.2) is 0 Å². The molecule has 1 fully saturated rings. The monoisotopic (exact) mass is 260 g/mol. The number of amides is 1. The minimum Gasteiger partial charge on any atom is -0.371 e. The number of piperazine rings is 1. The van der Waals surface area contributed by atoms with Crippen molar-refractivity contribution >= 4 is 18.5 Å². The van der Waals surface area contributed by atoms with E-state index >= 15 is 0 Å². The van der Waals surface area contributed by atoms with Gasteiger partial charge in [-0.05, 0) is 12.8 Å². The maximum Gasteiger partial charge on any atom is 0.252 e. The minimum absolute atomic E-state index is 0.119. The maximum atomic E-state index is 12.2. The van der Waals surface area contributed by atoms with Crippen LogP contribution in [0.5, 0.6) is 0 Å². The van der Waals surface area contributed by atoms with Gasteiger partial charge in [0.1, 0.15) is 6.10 Å². The normalized spacial score (nSPS) is 21.6. The van der Waals surface area contributed by atoms with Crippen LogP contribution >= 0.6 is 12.6 Å². The molecule has 0 aromatic rings. The van der Waals surface area contributed by atoms with E-state index in [9.17, 15) is 4.79 Å². The molecule has 0 aromatic heterocycles. The van der Waals surface area contributed by atoms with Gasteiger partial charge in [0.15, 0.2) is 0 Å². The highest BCUT2D eigenvalue weighted by atomic mass is 32.1. The van der Waals surface area contributed by atoms with Gasteiger partial charge in [-0.3, -0.25) is 9.69 Å². The van der Waals surface area contributed by atoms with Crippen LogP contribution in [0.3, 0.4) is 0 Å². The molecular formula is C12H24N2O2S. The van der Waals surface area contributed by atoms with Gasteiger partial charge < -0.3 is 9.64 Å². The Hall–Kier alpha value is -0.260. The van der Waals surface area contributed by atoms with Gasteiger partial charge in [0.25, 0.3) is 5.91 Å². The van der Waals surface area contributed by atoms with E-state index in [1.165, 1.54) is 0 Å². The Balaban J connectivity index is 2.50. The van der Waals surface area contributed by atoms with E-state index in [4.69, 9.17) is 4.74 Å². The molecule has 0 aliphatic carbocycles. The number of thiol groups is 1. The first-order valence-electron chi connectivity index (χ1n) is 6.21. The predicted octanol–water partition coefficient (Wildman–Crippen LogP) is 1.08. The fourth-order valence-electron chi connectivity index (χ4n) is 2.15. The van der Waals surface area contributed by atoms with Crippen LogP contribution in [0, 0.1) is 5.92 Å². The molecule has 0 N–H and O–H groups in total. The zero-order valence-corrected chi connectivity index (χ0v) is 12.1. The highest BCUT2D eigenvalue weighted by Gasteiger charge is 2.29. The summed E-state index contributed by atoms with van der Waals surface area (Å²) < 4.78 is 5.28. The van der Waals surface area contributed by atoms with Crippen molar-refractivity contribution in [3.8, 4) is 0 Å². The molecule has 1 saturated heterocycles. The Morgan fingerprint density at radius 2 is 1.71 bits per heavy atom. The van der Waals surface area contributed by atoms with Crippen molar-refractivity contribution in [1.82, 2.24) is 9.80 Å². The highest BCUT2D eigenvalue weighted by Crippen LogP contribution is 2.13. The number of carbonyl (C=O) groups excluding carboxylic acids is 1. The molecule has 1 aliphatic heterocycles. The zero-order valence-electron chi connectivity index (χ0n) is 11.2. The van der Waals surface area contributed by atoms with Gasteiger partial charge in [0.2, 0.25) is 0 Å². The summed E-state index contributed by atoms with van der Waals surface area (Å²) in [5, 5.41) is 0.260. The summed E-state index contributed by atoms with van der Waals surface area (Å²) in [7, 11) is 1.61. The molecule has 1 amide bonds. The molecule has 17 heavy (non-hydrogen) atoms. The first-order valence-corrected chi connectivity index (χ1v) is 6.72. The smallest absolute Gasteiger partial charge is 0.252 e. The average molecular weight is 260 g/mol.